The van der Waals surface area contributed by atoms with Crippen molar-refractivity contribution in [2.45, 2.75) is 64.9 Å². The lowest BCUT2D eigenvalue weighted by Crippen LogP contribution is -2.42. The predicted octanol–water partition coefficient (Wildman–Crippen LogP) is 3.80. The molecule has 0 spiro atoms. The number of carbonyl (C=O) groups is 1. The van der Waals surface area contributed by atoms with Gasteiger partial charge in [-0.25, -0.2) is 0 Å². The molecule has 4 rings (SSSR count). The van der Waals surface area contributed by atoms with Crippen LogP contribution in [0.1, 0.15) is 58.8 Å². The minimum atomic E-state index is -0.132. The number of ketones is 1. The molecule has 0 saturated heterocycles. The molecular weight excluding hydrogens is 284 g/mol. The van der Waals surface area contributed by atoms with Gasteiger partial charge >= 0.3 is 0 Å². The van der Waals surface area contributed by atoms with E-state index in [2.05, 4.69) is 18.8 Å². The van der Waals surface area contributed by atoms with E-state index < -0.39 is 0 Å². The summed E-state index contributed by atoms with van der Waals surface area (Å²) in [5.74, 6) is 7.36. The van der Waals surface area contributed by atoms with Crippen LogP contribution in [0, 0.1) is 35.0 Å². The topological polar surface area (TPSA) is 37.3 Å². The molecule has 0 heterocycles. The second kappa shape index (κ2) is 5.35. The van der Waals surface area contributed by atoms with E-state index in [4.69, 9.17) is 0 Å². The predicted molar refractivity (Wildman–Crippen MR) is 90.5 cm³/mol. The molecule has 3 unspecified atom stereocenters. The summed E-state index contributed by atoms with van der Waals surface area (Å²) < 4.78 is 0. The first-order valence-electron chi connectivity index (χ1n) is 9.11. The van der Waals surface area contributed by atoms with Crippen molar-refractivity contribution in [1.82, 2.24) is 0 Å². The number of carbonyl (C=O) groups excluding carboxylic acids is 1. The molecule has 122 valence electrons. The fourth-order valence-electron chi connectivity index (χ4n) is 5.80. The maximum atomic E-state index is 12.2. The summed E-state index contributed by atoms with van der Waals surface area (Å²) in [6.45, 7) is 4.12. The van der Waals surface area contributed by atoms with Gasteiger partial charge in [0.2, 0.25) is 0 Å². The molecule has 2 heteroatoms. The van der Waals surface area contributed by atoms with Crippen LogP contribution in [0.25, 0.3) is 0 Å². The Balaban J connectivity index is 1.73. The Labute approximate surface area is 139 Å². The first-order chi connectivity index (χ1) is 11.0. The molecule has 0 amide bonds. The van der Waals surface area contributed by atoms with Gasteiger partial charge in [0.1, 0.15) is 0 Å². The van der Waals surface area contributed by atoms with Crippen LogP contribution in [0.15, 0.2) is 22.8 Å². The molecule has 1 N–H and O–H groups in total. The zero-order valence-electron chi connectivity index (χ0n) is 14.2. The van der Waals surface area contributed by atoms with Gasteiger partial charge in [-0.2, -0.15) is 0 Å². The van der Waals surface area contributed by atoms with E-state index in [1.165, 1.54) is 11.1 Å². The number of fused-ring (bicyclic) bond motifs is 4. The van der Waals surface area contributed by atoms with Gasteiger partial charge in [0.15, 0.2) is 5.78 Å². The summed E-state index contributed by atoms with van der Waals surface area (Å²) in [6.07, 6.45) is 9.10. The van der Waals surface area contributed by atoms with Crippen molar-refractivity contribution >= 4 is 5.78 Å². The van der Waals surface area contributed by atoms with Gasteiger partial charge in [0.25, 0.3) is 0 Å². The standard InChI is InChI=1S/C21H26O2/c1-3-4-14-11-17-13(12-19(14)22)5-6-16-15(17)9-10-21(2)18(16)7-8-20(21)23/h12,14,16,18,20,23H,5-11H2,1-2H3/t14?,16?,18?,20-,21-/m0/s1. The lowest BCUT2D eigenvalue weighted by atomic mass is 9.57. The first-order valence-corrected chi connectivity index (χ1v) is 9.11. The fourth-order valence-corrected chi connectivity index (χ4v) is 5.80. The number of aliphatic hydroxyl groups is 1. The van der Waals surface area contributed by atoms with Crippen molar-refractivity contribution in [3.05, 3.63) is 22.8 Å². The van der Waals surface area contributed by atoms with Crippen molar-refractivity contribution in [2.24, 2.45) is 23.2 Å². The largest absolute Gasteiger partial charge is 0.393 e. The first kappa shape index (κ1) is 15.2. The third-order valence-corrected chi connectivity index (χ3v) is 7.11. The Hall–Kier alpha value is -1.33. The van der Waals surface area contributed by atoms with E-state index in [1.54, 1.807) is 5.57 Å². The Kier molecular flexibility index (Phi) is 3.54. The summed E-state index contributed by atoms with van der Waals surface area (Å²) in [4.78, 5) is 12.2. The van der Waals surface area contributed by atoms with Crippen molar-refractivity contribution in [1.29, 1.82) is 0 Å². The van der Waals surface area contributed by atoms with E-state index in [0.717, 1.165) is 44.9 Å². The molecule has 2 nitrogen and oxygen atoms in total. The quantitative estimate of drug-likeness (QED) is 0.691. The van der Waals surface area contributed by atoms with Gasteiger partial charge in [0, 0.05) is 0 Å². The van der Waals surface area contributed by atoms with E-state index in [-0.39, 0.29) is 23.2 Å². The van der Waals surface area contributed by atoms with Crippen LogP contribution in [0.5, 0.6) is 0 Å². The molecular formula is C21H26O2. The smallest absolute Gasteiger partial charge is 0.171 e. The summed E-state index contributed by atoms with van der Waals surface area (Å²) in [6, 6.07) is 0. The van der Waals surface area contributed by atoms with Gasteiger partial charge in [-0.05, 0) is 86.3 Å². The molecule has 2 saturated carbocycles. The maximum absolute atomic E-state index is 12.2. The molecule has 0 aromatic carbocycles. The van der Waals surface area contributed by atoms with Gasteiger partial charge in [-0.1, -0.05) is 18.4 Å². The molecule has 2 fully saturated rings. The number of hydrogen-bond donors (Lipinski definition) is 1. The second-order valence-corrected chi connectivity index (χ2v) is 8.08. The highest BCUT2D eigenvalue weighted by molar-refractivity contribution is 5.97. The lowest BCUT2D eigenvalue weighted by Gasteiger charge is -2.48. The highest BCUT2D eigenvalue weighted by atomic mass is 16.3. The molecule has 0 bridgehead atoms. The molecule has 0 aliphatic heterocycles. The highest BCUT2D eigenvalue weighted by Crippen LogP contribution is 2.60. The minimum Gasteiger partial charge on any atom is -0.393 e. The van der Waals surface area contributed by atoms with Crippen LogP contribution in [0.3, 0.4) is 0 Å². The Morgan fingerprint density at radius 2 is 2.09 bits per heavy atom. The minimum absolute atomic E-state index is 0.114. The van der Waals surface area contributed by atoms with Gasteiger partial charge in [0.05, 0.1) is 12.0 Å². The number of rotatable bonds is 0. The van der Waals surface area contributed by atoms with Crippen LogP contribution < -0.4 is 0 Å². The molecule has 5 atom stereocenters. The van der Waals surface area contributed by atoms with Crippen molar-refractivity contribution in [3.63, 3.8) is 0 Å². The second-order valence-electron chi connectivity index (χ2n) is 8.08. The monoisotopic (exact) mass is 310 g/mol. The normalized spacial score (nSPS) is 42.2. The summed E-state index contributed by atoms with van der Waals surface area (Å²) >= 11 is 0. The van der Waals surface area contributed by atoms with Gasteiger partial charge in [-0.3, -0.25) is 4.79 Å². The SMILES string of the molecule is CC#CC1CC2=C3CC[C@@]4(C)C(CC[C@@H]4O)C3CCC2=CC1=O. The summed E-state index contributed by atoms with van der Waals surface area (Å²) in [5.41, 5.74) is 4.47. The van der Waals surface area contributed by atoms with Crippen LogP contribution in [0.2, 0.25) is 0 Å². The number of allylic oxidation sites excluding steroid dienone is 4. The van der Waals surface area contributed by atoms with E-state index in [0.29, 0.717) is 11.8 Å². The Morgan fingerprint density at radius 1 is 1.26 bits per heavy atom. The van der Waals surface area contributed by atoms with Crippen LogP contribution in [-0.4, -0.2) is 17.0 Å². The lowest BCUT2D eigenvalue weighted by molar-refractivity contribution is -0.117. The average Bonchev–Trinajstić information content (AvgIpc) is 2.84. The van der Waals surface area contributed by atoms with Crippen molar-refractivity contribution < 1.29 is 9.90 Å². The van der Waals surface area contributed by atoms with Crippen LogP contribution >= 0.6 is 0 Å². The third-order valence-electron chi connectivity index (χ3n) is 7.11. The van der Waals surface area contributed by atoms with E-state index >= 15 is 0 Å². The van der Waals surface area contributed by atoms with Crippen molar-refractivity contribution in [3.8, 4) is 11.8 Å². The zero-order valence-corrected chi connectivity index (χ0v) is 14.2. The third kappa shape index (κ3) is 2.17. The maximum Gasteiger partial charge on any atom is 0.171 e. The Morgan fingerprint density at radius 3 is 2.87 bits per heavy atom. The Bertz CT molecular complexity index is 672. The highest BCUT2D eigenvalue weighted by Gasteiger charge is 2.53. The average molecular weight is 310 g/mol. The van der Waals surface area contributed by atoms with Crippen LogP contribution in [-0.2, 0) is 4.79 Å². The molecule has 4 aliphatic rings. The molecule has 0 aromatic rings. The van der Waals surface area contributed by atoms with Crippen LogP contribution in [0.4, 0.5) is 0 Å². The molecule has 23 heavy (non-hydrogen) atoms. The van der Waals surface area contributed by atoms with Gasteiger partial charge < -0.3 is 5.11 Å². The molecule has 0 radical (unpaired) electrons. The van der Waals surface area contributed by atoms with Gasteiger partial charge in [-0.15, -0.1) is 5.92 Å². The fraction of sp³-hybridized carbons (Fsp3) is 0.667. The number of aliphatic hydroxyl groups excluding tert-OH is 1. The van der Waals surface area contributed by atoms with E-state index in [9.17, 15) is 9.90 Å². The zero-order chi connectivity index (χ0) is 16.2. The van der Waals surface area contributed by atoms with Crippen molar-refractivity contribution in [2.75, 3.05) is 0 Å². The van der Waals surface area contributed by atoms with E-state index in [1.807, 2.05) is 13.0 Å². The molecule has 4 aliphatic carbocycles. The summed E-state index contributed by atoms with van der Waals surface area (Å²) in [7, 11) is 0. The summed E-state index contributed by atoms with van der Waals surface area (Å²) in [5, 5.41) is 10.5. The molecule has 0 aromatic heterocycles. The number of hydrogen-bond acceptors (Lipinski definition) is 2.